The lowest BCUT2D eigenvalue weighted by molar-refractivity contribution is -0.132. The van der Waals surface area contributed by atoms with E-state index in [1.54, 1.807) is 17.0 Å². The van der Waals surface area contributed by atoms with Crippen LogP contribution in [0.4, 0.5) is 0 Å². The van der Waals surface area contributed by atoms with E-state index in [1.807, 2.05) is 26.0 Å². The van der Waals surface area contributed by atoms with Gasteiger partial charge in [-0.15, -0.1) is 0 Å². The molecule has 2 amide bonds. The van der Waals surface area contributed by atoms with Crippen LogP contribution in [0.15, 0.2) is 24.3 Å². The first-order valence-electron chi connectivity index (χ1n) is 8.73. The second kappa shape index (κ2) is 11.2. The average Bonchev–Trinajstić information content (AvgIpc) is 2.61. The Bertz CT molecular complexity index is 569. The van der Waals surface area contributed by atoms with Gasteiger partial charge in [-0.3, -0.25) is 9.59 Å². The molecule has 6 nitrogen and oxygen atoms in total. The van der Waals surface area contributed by atoms with Crippen LogP contribution in [0.2, 0.25) is 0 Å². The quantitative estimate of drug-likeness (QED) is 0.659. The third-order valence-corrected chi connectivity index (χ3v) is 3.75. The number of esters is 1. The molecule has 6 heteroatoms. The van der Waals surface area contributed by atoms with Gasteiger partial charge in [0.1, 0.15) is 0 Å². The zero-order valence-corrected chi connectivity index (χ0v) is 15.3. The molecule has 0 aromatic heterocycles. The predicted molar refractivity (Wildman–Crippen MR) is 96.0 cm³/mol. The Morgan fingerprint density at radius 2 is 1.68 bits per heavy atom. The van der Waals surface area contributed by atoms with Crippen LogP contribution in [-0.4, -0.2) is 42.9 Å². The van der Waals surface area contributed by atoms with Crippen LogP contribution in [0.3, 0.4) is 0 Å². The average molecular weight is 348 g/mol. The Morgan fingerprint density at radius 3 is 2.24 bits per heavy atom. The molecule has 0 aliphatic heterocycles. The van der Waals surface area contributed by atoms with Crippen molar-refractivity contribution >= 4 is 17.8 Å². The molecule has 1 aromatic rings. The normalized spacial score (nSPS) is 10.2. The third kappa shape index (κ3) is 7.37. The molecule has 0 bridgehead atoms. The summed E-state index contributed by atoms with van der Waals surface area (Å²) in [5, 5.41) is 2.83. The van der Waals surface area contributed by atoms with Gasteiger partial charge >= 0.3 is 5.97 Å². The maximum absolute atomic E-state index is 12.3. The third-order valence-electron chi connectivity index (χ3n) is 3.75. The molecular weight excluding hydrogens is 320 g/mol. The summed E-state index contributed by atoms with van der Waals surface area (Å²) in [4.78, 5) is 37.1. The SMILES string of the molecule is CCCC(=O)NCCN(Cc1ccc(C(=O)OC)cc1)C(=O)CCC. The minimum absolute atomic E-state index is 0.00724. The Balaban J connectivity index is 2.68. The number of nitrogens with zero attached hydrogens (tertiary/aromatic N) is 1. The number of methoxy groups -OCH3 is 1. The van der Waals surface area contributed by atoms with Crippen molar-refractivity contribution in [2.75, 3.05) is 20.2 Å². The Kier molecular flexibility index (Phi) is 9.29. The zero-order valence-electron chi connectivity index (χ0n) is 15.3. The number of carbonyl (C=O) groups excluding carboxylic acids is 3. The number of nitrogens with one attached hydrogen (secondary N) is 1. The van der Waals surface area contributed by atoms with E-state index in [0.29, 0.717) is 38.0 Å². The van der Waals surface area contributed by atoms with Crippen LogP contribution in [0, 0.1) is 0 Å². The molecule has 0 radical (unpaired) electrons. The molecule has 1 aromatic carbocycles. The van der Waals surface area contributed by atoms with E-state index < -0.39 is 0 Å². The van der Waals surface area contributed by atoms with Crippen LogP contribution in [-0.2, 0) is 20.9 Å². The van der Waals surface area contributed by atoms with Gasteiger partial charge in [-0.2, -0.15) is 0 Å². The van der Waals surface area contributed by atoms with Crippen molar-refractivity contribution in [1.29, 1.82) is 0 Å². The van der Waals surface area contributed by atoms with Crippen LogP contribution >= 0.6 is 0 Å². The van der Waals surface area contributed by atoms with E-state index >= 15 is 0 Å². The highest BCUT2D eigenvalue weighted by Gasteiger charge is 2.14. The van der Waals surface area contributed by atoms with Crippen molar-refractivity contribution in [3.63, 3.8) is 0 Å². The van der Waals surface area contributed by atoms with Gasteiger partial charge in [0.25, 0.3) is 0 Å². The first kappa shape index (κ1) is 20.7. The lowest BCUT2D eigenvalue weighted by Gasteiger charge is -2.23. The monoisotopic (exact) mass is 348 g/mol. The van der Waals surface area contributed by atoms with Crippen LogP contribution < -0.4 is 5.32 Å². The molecule has 0 unspecified atom stereocenters. The molecule has 1 N–H and O–H groups in total. The van der Waals surface area contributed by atoms with Crippen LogP contribution in [0.1, 0.15) is 55.5 Å². The fourth-order valence-corrected chi connectivity index (χ4v) is 2.39. The van der Waals surface area contributed by atoms with Gasteiger partial charge in [-0.05, 0) is 30.5 Å². The van der Waals surface area contributed by atoms with E-state index in [4.69, 9.17) is 0 Å². The van der Waals surface area contributed by atoms with Crippen LogP contribution in [0.25, 0.3) is 0 Å². The van der Waals surface area contributed by atoms with Crippen LogP contribution in [0.5, 0.6) is 0 Å². The van der Waals surface area contributed by atoms with Crippen molar-refractivity contribution < 1.29 is 19.1 Å². The molecule has 0 fully saturated rings. The van der Waals surface area contributed by atoms with Crippen molar-refractivity contribution in [3.8, 4) is 0 Å². The molecule has 1 rings (SSSR count). The number of hydrogen-bond acceptors (Lipinski definition) is 4. The molecule has 0 spiro atoms. The smallest absolute Gasteiger partial charge is 0.337 e. The summed E-state index contributed by atoms with van der Waals surface area (Å²) in [6, 6.07) is 7.00. The molecule has 138 valence electrons. The zero-order chi connectivity index (χ0) is 18.7. The van der Waals surface area contributed by atoms with Gasteiger partial charge in [0.15, 0.2) is 0 Å². The van der Waals surface area contributed by atoms with Crippen molar-refractivity contribution in [1.82, 2.24) is 10.2 Å². The molecule has 0 saturated heterocycles. The molecular formula is C19H28N2O4. The number of hydrogen-bond donors (Lipinski definition) is 1. The van der Waals surface area contributed by atoms with E-state index in [1.165, 1.54) is 7.11 Å². The topological polar surface area (TPSA) is 75.7 Å². The first-order valence-corrected chi connectivity index (χ1v) is 8.73. The number of amides is 2. The van der Waals surface area contributed by atoms with Gasteiger partial charge in [0, 0.05) is 32.5 Å². The summed E-state index contributed by atoms with van der Waals surface area (Å²) < 4.78 is 4.68. The highest BCUT2D eigenvalue weighted by atomic mass is 16.5. The van der Waals surface area contributed by atoms with Gasteiger partial charge in [-0.1, -0.05) is 26.0 Å². The summed E-state index contributed by atoms with van der Waals surface area (Å²) in [7, 11) is 1.34. The van der Waals surface area contributed by atoms with E-state index in [0.717, 1.165) is 18.4 Å². The fraction of sp³-hybridized carbons (Fsp3) is 0.526. The van der Waals surface area contributed by atoms with Crippen molar-refractivity contribution in [2.24, 2.45) is 0 Å². The van der Waals surface area contributed by atoms with Gasteiger partial charge < -0.3 is 15.0 Å². The Hall–Kier alpha value is -2.37. The molecule has 0 saturated carbocycles. The second-order valence-corrected chi connectivity index (χ2v) is 5.85. The largest absolute Gasteiger partial charge is 0.465 e. The summed E-state index contributed by atoms with van der Waals surface area (Å²) >= 11 is 0. The summed E-state index contributed by atoms with van der Waals surface area (Å²) in [6.07, 6.45) is 2.55. The molecule has 0 aliphatic rings. The molecule has 0 aliphatic carbocycles. The van der Waals surface area contributed by atoms with Gasteiger partial charge in [-0.25, -0.2) is 4.79 Å². The number of carbonyl (C=O) groups is 3. The number of benzene rings is 1. The summed E-state index contributed by atoms with van der Waals surface area (Å²) in [6.45, 7) is 5.27. The van der Waals surface area contributed by atoms with E-state index in [9.17, 15) is 14.4 Å². The standard InChI is InChI=1S/C19H28N2O4/c1-4-6-17(22)20-12-13-21(18(23)7-5-2)14-15-8-10-16(11-9-15)19(24)25-3/h8-11H,4-7,12-14H2,1-3H3,(H,20,22). The van der Waals surface area contributed by atoms with Crippen molar-refractivity contribution in [3.05, 3.63) is 35.4 Å². The Morgan fingerprint density at radius 1 is 1.04 bits per heavy atom. The lowest BCUT2D eigenvalue weighted by atomic mass is 10.1. The molecule has 25 heavy (non-hydrogen) atoms. The number of ether oxygens (including phenoxy) is 1. The summed E-state index contributed by atoms with van der Waals surface area (Å²) in [5.74, 6) is -0.318. The maximum atomic E-state index is 12.3. The predicted octanol–water partition coefficient (Wildman–Crippen LogP) is 2.52. The molecule has 0 atom stereocenters. The maximum Gasteiger partial charge on any atom is 0.337 e. The lowest BCUT2D eigenvalue weighted by Crippen LogP contribution is -2.38. The fourth-order valence-electron chi connectivity index (χ4n) is 2.39. The highest BCUT2D eigenvalue weighted by Crippen LogP contribution is 2.10. The van der Waals surface area contributed by atoms with Gasteiger partial charge in [0.2, 0.25) is 11.8 Å². The summed E-state index contributed by atoms with van der Waals surface area (Å²) in [5.41, 5.74) is 1.40. The first-order chi connectivity index (χ1) is 12.0. The van der Waals surface area contributed by atoms with Crippen molar-refractivity contribution in [2.45, 2.75) is 46.1 Å². The number of rotatable bonds is 10. The second-order valence-electron chi connectivity index (χ2n) is 5.85. The minimum Gasteiger partial charge on any atom is -0.465 e. The van der Waals surface area contributed by atoms with E-state index in [-0.39, 0.29) is 17.8 Å². The van der Waals surface area contributed by atoms with E-state index in [2.05, 4.69) is 10.1 Å². The Labute approximate surface area is 149 Å². The molecule has 0 heterocycles. The van der Waals surface area contributed by atoms with Gasteiger partial charge in [0.05, 0.1) is 12.7 Å². The highest BCUT2D eigenvalue weighted by molar-refractivity contribution is 5.89. The minimum atomic E-state index is -0.385.